The van der Waals surface area contributed by atoms with Crippen molar-refractivity contribution in [2.24, 2.45) is 5.92 Å². The van der Waals surface area contributed by atoms with Gasteiger partial charge in [-0.05, 0) is 36.5 Å². The van der Waals surface area contributed by atoms with Gasteiger partial charge in [0.15, 0.2) is 0 Å². The van der Waals surface area contributed by atoms with Gasteiger partial charge in [0, 0.05) is 31.1 Å². The summed E-state index contributed by atoms with van der Waals surface area (Å²) in [4.78, 5) is 7.89. The van der Waals surface area contributed by atoms with Crippen molar-refractivity contribution in [2.75, 3.05) is 11.9 Å². The Hall–Kier alpha value is -2.51. The van der Waals surface area contributed by atoms with Crippen LogP contribution in [0.3, 0.4) is 0 Å². The molecule has 3 rings (SSSR count). The molecule has 1 radical (unpaired) electrons. The van der Waals surface area contributed by atoms with E-state index in [4.69, 9.17) is 4.74 Å². The van der Waals surface area contributed by atoms with E-state index >= 15 is 0 Å². The molecule has 0 unspecified atom stereocenters. The Kier molecular flexibility index (Phi) is 4.73. The molecule has 1 N–H and O–H groups in total. The zero-order chi connectivity index (χ0) is 17.0. The molecule has 0 atom stereocenters. The largest absolute Gasteiger partial charge is 0.573 e. The van der Waals surface area contributed by atoms with E-state index in [0.717, 1.165) is 12.8 Å². The van der Waals surface area contributed by atoms with Crippen LogP contribution in [-0.4, -0.2) is 22.9 Å². The lowest BCUT2D eigenvalue weighted by Crippen LogP contribution is -2.17. The van der Waals surface area contributed by atoms with Gasteiger partial charge in [0.1, 0.15) is 11.5 Å². The Balaban J connectivity index is 1.72. The minimum Gasteiger partial charge on any atom is -0.493 e. The predicted octanol–water partition coefficient (Wildman–Crippen LogP) is 3.58. The van der Waals surface area contributed by atoms with Crippen molar-refractivity contribution in [1.82, 2.24) is 9.97 Å². The van der Waals surface area contributed by atoms with Gasteiger partial charge in [-0.3, -0.25) is 0 Å². The summed E-state index contributed by atoms with van der Waals surface area (Å²) in [6, 6.07) is 6.90. The van der Waals surface area contributed by atoms with E-state index in [1.54, 1.807) is 6.07 Å². The molecular formula is C16H15F3N3O2. The quantitative estimate of drug-likeness (QED) is 0.836. The number of benzene rings is 1. The van der Waals surface area contributed by atoms with Crippen LogP contribution in [0.15, 0.2) is 30.6 Å². The Morgan fingerprint density at radius 1 is 1.12 bits per heavy atom. The molecule has 1 aliphatic rings. The number of halogens is 3. The van der Waals surface area contributed by atoms with E-state index in [0.29, 0.717) is 29.8 Å². The minimum atomic E-state index is -4.75. The number of nitrogens with one attached hydrogen (secondary N) is 1. The fourth-order valence-electron chi connectivity index (χ4n) is 2.04. The predicted molar refractivity (Wildman–Crippen MR) is 79.5 cm³/mol. The molecule has 0 bridgehead atoms. The van der Waals surface area contributed by atoms with E-state index in [1.807, 2.05) is 0 Å². The van der Waals surface area contributed by atoms with E-state index < -0.39 is 6.36 Å². The highest BCUT2D eigenvalue weighted by molar-refractivity contribution is 5.40. The highest BCUT2D eigenvalue weighted by Crippen LogP contribution is 2.32. The maximum atomic E-state index is 12.5. The smallest absolute Gasteiger partial charge is 0.493 e. The van der Waals surface area contributed by atoms with Crippen LogP contribution in [-0.2, 0) is 6.54 Å². The molecule has 8 heteroatoms. The number of hydrogen-bond donors (Lipinski definition) is 1. The zero-order valence-corrected chi connectivity index (χ0v) is 12.6. The Morgan fingerprint density at radius 2 is 1.83 bits per heavy atom. The highest BCUT2D eigenvalue weighted by atomic mass is 19.4. The topological polar surface area (TPSA) is 56.3 Å². The first kappa shape index (κ1) is 16.4. The molecule has 5 nitrogen and oxygen atoms in total. The van der Waals surface area contributed by atoms with Crippen LogP contribution < -0.4 is 14.8 Å². The van der Waals surface area contributed by atoms with Crippen LogP contribution in [0.25, 0.3) is 0 Å². The Morgan fingerprint density at radius 3 is 2.50 bits per heavy atom. The van der Waals surface area contributed by atoms with Gasteiger partial charge in [-0.2, -0.15) is 0 Å². The second kappa shape index (κ2) is 6.94. The summed E-state index contributed by atoms with van der Waals surface area (Å²) >= 11 is 0. The molecule has 1 fully saturated rings. The number of nitrogens with zero attached hydrogens (tertiary/aromatic N) is 2. The fraction of sp³-hybridized carbons (Fsp3) is 0.375. The molecule has 2 aromatic rings. The van der Waals surface area contributed by atoms with Gasteiger partial charge in [-0.1, -0.05) is 0 Å². The third-order valence-electron chi connectivity index (χ3n) is 3.33. The maximum Gasteiger partial charge on any atom is 0.573 e. The number of hydrogen-bond acceptors (Lipinski definition) is 5. The molecule has 127 valence electrons. The van der Waals surface area contributed by atoms with Crippen molar-refractivity contribution < 1.29 is 22.6 Å². The molecule has 1 heterocycles. The Bertz CT molecular complexity index is 676. The normalized spacial score (nSPS) is 14.3. The van der Waals surface area contributed by atoms with Crippen molar-refractivity contribution in [2.45, 2.75) is 25.7 Å². The first-order valence-corrected chi connectivity index (χ1v) is 7.42. The van der Waals surface area contributed by atoms with Crippen LogP contribution >= 0.6 is 0 Å². The summed E-state index contributed by atoms with van der Waals surface area (Å²) in [7, 11) is 0. The Labute approximate surface area is 136 Å². The van der Waals surface area contributed by atoms with Gasteiger partial charge >= 0.3 is 6.36 Å². The van der Waals surface area contributed by atoms with Gasteiger partial charge in [-0.15, -0.1) is 13.2 Å². The standard InChI is InChI=1S/C16H15F3N3O2/c17-16(18,19)24-14-7-12(9-22-15-20-4-1-5-21-15)6-13(8-14)23-10-11-2-3-11/h4-8,11H,2-3,9-10H2,(H,20,21,22). The molecule has 0 aliphatic heterocycles. The molecule has 1 aromatic heterocycles. The van der Waals surface area contributed by atoms with E-state index in [-0.39, 0.29) is 12.3 Å². The number of rotatable bonds is 7. The lowest BCUT2D eigenvalue weighted by molar-refractivity contribution is -0.274. The third-order valence-corrected chi connectivity index (χ3v) is 3.33. The van der Waals surface area contributed by atoms with E-state index in [9.17, 15) is 13.2 Å². The summed E-state index contributed by atoms with van der Waals surface area (Å²) < 4.78 is 47.0. The minimum absolute atomic E-state index is 0.235. The fourth-order valence-corrected chi connectivity index (χ4v) is 2.04. The molecule has 0 amide bonds. The second-order valence-electron chi connectivity index (χ2n) is 5.48. The molecule has 24 heavy (non-hydrogen) atoms. The van der Waals surface area contributed by atoms with Crippen molar-refractivity contribution in [3.8, 4) is 11.5 Å². The van der Waals surface area contributed by atoms with Gasteiger partial charge in [0.05, 0.1) is 6.61 Å². The zero-order valence-electron chi connectivity index (χ0n) is 12.6. The number of alkyl halides is 3. The number of anilines is 1. The van der Waals surface area contributed by atoms with Crippen molar-refractivity contribution >= 4 is 5.95 Å². The lowest BCUT2D eigenvalue weighted by Gasteiger charge is -2.14. The van der Waals surface area contributed by atoms with E-state index in [1.165, 1.54) is 24.5 Å². The van der Waals surface area contributed by atoms with Crippen LogP contribution in [0, 0.1) is 12.0 Å². The molecular weight excluding hydrogens is 323 g/mol. The average Bonchev–Trinajstić information content (AvgIpc) is 3.34. The monoisotopic (exact) mass is 338 g/mol. The van der Waals surface area contributed by atoms with Crippen LogP contribution in [0.5, 0.6) is 11.5 Å². The van der Waals surface area contributed by atoms with E-state index in [2.05, 4.69) is 26.1 Å². The summed E-state index contributed by atoms with van der Waals surface area (Å²) in [6.45, 7) is 0.735. The second-order valence-corrected chi connectivity index (χ2v) is 5.48. The first-order valence-electron chi connectivity index (χ1n) is 7.42. The van der Waals surface area contributed by atoms with Gasteiger partial charge in [-0.25, -0.2) is 9.97 Å². The molecule has 1 aliphatic carbocycles. The van der Waals surface area contributed by atoms with Crippen molar-refractivity contribution in [3.05, 3.63) is 42.2 Å². The SMILES string of the molecule is FC(F)(F)Oc1cc(CNc2nc[c]cn2)cc(OCC2CC2)c1. The molecule has 1 aromatic carbocycles. The maximum absolute atomic E-state index is 12.5. The van der Waals surface area contributed by atoms with Gasteiger partial charge in [0.2, 0.25) is 5.95 Å². The number of ether oxygens (including phenoxy) is 2. The summed E-state index contributed by atoms with van der Waals surface area (Å²) in [6.07, 6.45) is 0.328. The third kappa shape index (κ3) is 5.29. The van der Waals surface area contributed by atoms with Gasteiger partial charge in [0.25, 0.3) is 0 Å². The van der Waals surface area contributed by atoms with Crippen molar-refractivity contribution in [3.63, 3.8) is 0 Å². The molecule has 0 saturated heterocycles. The summed E-state index contributed by atoms with van der Waals surface area (Å²) in [5, 5.41) is 2.92. The average molecular weight is 338 g/mol. The lowest BCUT2D eigenvalue weighted by atomic mass is 10.2. The highest BCUT2D eigenvalue weighted by Gasteiger charge is 2.31. The number of aromatic nitrogens is 2. The molecule has 1 saturated carbocycles. The van der Waals surface area contributed by atoms with Crippen LogP contribution in [0.4, 0.5) is 19.1 Å². The molecule has 0 spiro atoms. The van der Waals surface area contributed by atoms with Crippen molar-refractivity contribution in [1.29, 1.82) is 0 Å². The van der Waals surface area contributed by atoms with Crippen LogP contribution in [0.2, 0.25) is 0 Å². The first-order chi connectivity index (χ1) is 11.5. The summed E-state index contributed by atoms with van der Waals surface area (Å²) in [5.41, 5.74) is 0.568. The van der Waals surface area contributed by atoms with Gasteiger partial charge < -0.3 is 14.8 Å². The summed E-state index contributed by atoms with van der Waals surface area (Å²) in [5.74, 6) is 0.891. The van der Waals surface area contributed by atoms with Crippen LogP contribution in [0.1, 0.15) is 18.4 Å².